The zero-order valence-corrected chi connectivity index (χ0v) is 7.25. The van der Waals surface area contributed by atoms with Gasteiger partial charge in [-0.15, -0.1) is 0 Å². The van der Waals surface area contributed by atoms with Crippen LogP contribution in [0.25, 0.3) is 0 Å². The number of nitrogens with zero attached hydrogens (tertiary/aromatic N) is 1. The number of hydrogen-bond donors (Lipinski definition) is 1. The maximum Gasteiger partial charge on any atom is 0.234 e. The van der Waals surface area contributed by atoms with E-state index in [0.717, 1.165) is 12.8 Å². The van der Waals surface area contributed by atoms with E-state index in [0.29, 0.717) is 19.6 Å². The van der Waals surface area contributed by atoms with Gasteiger partial charge >= 0.3 is 0 Å². The van der Waals surface area contributed by atoms with Crippen LogP contribution in [0.15, 0.2) is 0 Å². The molecule has 1 rings (SSSR count). The fourth-order valence-corrected chi connectivity index (χ4v) is 1.30. The van der Waals surface area contributed by atoms with Gasteiger partial charge in [-0.3, -0.25) is 9.69 Å². The zero-order chi connectivity index (χ0) is 8.97. The van der Waals surface area contributed by atoms with E-state index in [-0.39, 0.29) is 11.8 Å². The molecule has 0 bridgehead atoms. The van der Waals surface area contributed by atoms with Crippen molar-refractivity contribution < 1.29 is 9.59 Å². The smallest absolute Gasteiger partial charge is 0.234 e. The van der Waals surface area contributed by atoms with E-state index < -0.39 is 0 Å². The predicted molar refractivity (Wildman–Crippen MR) is 44.7 cm³/mol. The van der Waals surface area contributed by atoms with Crippen LogP contribution >= 0.6 is 0 Å². The number of carbonyl (C=O) groups excluding carboxylic acids is 2. The first kappa shape index (κ1) is 9.19. The van der Waals surface area contributed by atoms with Crippen LogP contribution < -0.4 is 5.32 Å². The van der Waals surface area contributed by atoms with Gasteiger partial charge in [-0.05, 0) is 0 Å². The topological polar surface area (TPSA) is 49.4 Å². The Hall–Kier alpha value is -0.900. The third-order valence-electron chi connectivity index (χ3n) is 1.90. The SMILES string of the molecule is CC(C=O)CN1CCNC(=O)C1. The molecule has 1 aliphatic rings. The highest BCUT2D eigenvalue weighted by atomic mass is 16.2. The third kappa shape index (κ3) is 2.62. The van der Waals surface area contributed by atoms with Crippen molar-refractivity contribution in [1.29, 1.82) is 0 Å². The maximum absolute atomic E-state index is 10.9. The van der Waals surface area contributed by atoms with E-state index in [9.17, 15) is 9.59 Å². The van der Waals surface area contributed by atoms with E-state index >= 15 is 0 Å². The number of rotatable bonds is 3. The van der Waals surface area contributed by atoms with Gasteiger partial charge in [-0.1, -0.05) is 6.92 Å². The Morgan fingerprint density at radius 2 is 2.50 bits per heavy atom. The summed E-state index contributed by atoms with van der Waals surface area (Å²) in [7, 11) is 0. The molecule has 0 saturated carbocycles. The number of hydrogen-bond acceptors (Lipinski definition) is 3. The Morgan fingerprint density at radius 3 is 3.08 bits per heavy atom. The Morgan fingerprint density at radius 1 is 1.75 bits per heavy atom. The standard InChI is InChI=1S/C8H14N2O2/c1-7(6-11)4-10-3-2-9-8(12)5-10/h6-7H,2-5H2,1H3,(H,9,12). The molecule has 68 valence electrons. The molecule has 1 saturated heterocycles. The van der Waals surface area contributed by atoms with Crippen LogP contribution in [0.5, 0.6) is 0 Å². The van der Waals surface area contributed by atoms with Gasteiger partial charge < -0.3 is 10.1 Å². The molecule has 4 heteroatoms. The van der Waals surface area contributed by atoms with Crippen molar-refractivity contribution in [3.05, 3.63) is 0 Å². The zero-order valence-electron chi connectivity index (χ0n) is 7.25. The minimum Gasteiger partial charge on any atom is -0.354 e. The van der Waals surface area contributed by atoms with Crippen LogP contribution in [0.3, 0.4) is 0 Å². The van der Waals surface area contributed by atoms with E-state index in [4.69, 9.17) is 0 Å². The highest BCUT2D eigenvalue weighted by Gasteiger charge is 2.17. The molecule has 0 spiro atoms. The summed E-state index contributed by atoms with van der Waals surface area (Å²) in [6, 6.07) is 0. The molecule has 1 aliphatic heterocycles. The van der Waals surface area contributed by atoms with Gasteiger partial charge in [0.15, 0.2) is 0 Å². The number of aldehydes is 1. The minimum absolute atomic E-state index is 0.0240. The molecular formula is C8H14N2O2. The van der Waals surface area contributed by atoms with E-state index in [1.807, 2.05) is 11.8 Å². The van der Waals surface area contributed by atoms with E-state index in [1.165, 1.54) is 0 Å². The van der Waals surface area contributed by atoms with Gasteiger partial charge in [0.2, 0.25) is 5.91 Å². The molecular weight excluding hydrogens is 156 g/mol. The fourth-order valence-electron chi connectivity index (χ4n) is 1.30. The molecule has 0 aromatic carbocycles. The van der Waals surface area contributed by atoms with Crippen LogP contribution in [0.1, 0.15) is 6.92 Å². The molecule has 0 radical (unpaired) electrons. The lowest BCUT2D eigenvalue weighted by Crippen LogP contribution is -2.48. The number of nitrogens with one attached hydrogen (secondary N) is 1. The Kier molecular flexibility index (Phi) is 3.22. The Bertz CT molecular complexity index is 182. The first-order valence-corrected chi connectivity index (χ1v) is 4.16. The molecule has 12 heavy (non-hydrogen) atoms. The lowest BCUT2D eigenvalue weighted by molar-refractivity contribution is -0.124. The van der Waals surface area contributed by atoms with Crippen molar-refractivity contribution in [1.82, 2.24) is 10.2 Å². The lowest BCUT2D eigenvalue weighted by atomic mass is 10.2. The summed E-state index contributed by atoms with van der Waals surface area (Å²) in [5, 5.41) is 2.73. The van der Waals surface area contributed by atoms with E-state index in [1.54, 1.807) is 0 Å². The summed E-state index contributed by atoms with van der Waals surface area (Å²) in [5.74, 6) is 0.0789. The van der Waals surface area contributed by atoms with Gasteiger partial charge in [-0.25, -0.2) is 0 Å². The second-order valence-corrected chi connectivity index (χ2v) is 3.20. The van der Waals surface area contributed by atoms with Crippen molar-refractivity contribution in [2.75, 3.05) is 26.2 Å². The summed E-state index contributed by atoms with van der Waals surface area (Å²) in [6.07, 6.45) is 0.923. The molecule has 0 aliphatic carbocycles. The first-order valence-electron chi connectivity index (χ1n) is 4.16. The molecule has 0 aromatic rings. The van der Waals surface area contributed by atoms with E-state index in [2.05, 4.69) is 5.32 Å². The van der Waals surface area contributed by atoms with Gasteiger partial charge in [0.1, 0.15) is 6.29 Å². The highest BCUT2D eigenvalue weighted by molar-refractivity contribution is 5.78. The summed E-state index contributed by atoms with van der Waals surface area (Å²) in [5.41, 5.74) is 0. The maximum atomic E-state index is 10.9. The van der Waals surface area contributed by atoms with Crippen LogP contribution in [-0.4, -0.2) is 43.3 Å². The van der Waals surface area contributed by atoms with Crippen LogP contribution in [0.4, 0.5) is 0 Å². The highest BCUT2D eigenvalue weighted by Crippen LogP contribution is 1.98. The van der Waals surface area contributed by atoms with Gasteiger partial charge in [-0.2, -0.15) is 0 Å². The van der Waals surface area contributed by atoms with Crippen molar-refractivity contribution in [2.45, 2.75) is 6.92 Å². The summed E-state index contributed by atoms with van der Waals surface area (Å²) in [6.45, 7) is 4.53. The van der Waals surface area contributed by atoms with Crippen LogP contribution in [0.2, 0.25) is 0 Å². The molecule has 1 fully saturated rings. The third-order valence-corrected chi connectivity index (χ3v) is 1.90. The first-order chi connectivity index (χ1) is 5.72. The second-order valence-electron chi connectivity index (χ2n) is 3.20. The number of amides is 1. The van der Waals surface area contributed by atoms with Crippen molar-refractivity contribution in [3.8, 4) is 0 Å². The quantitative estimate of drug-likeness (QED) is 0.567. The molecule has 1 amide bonds. The van der Waals surface area contributed by atoms with Gasteiger partial charge in [0.25, 0.3) is 0 Å². The van der Waals surface area contributed by atoms with Crippen molar-refractivity contribution >= 4 is 12.2 Å². The monoisotopic (exact) mass is 170 g/mol. The average molecular weight is 170 g/mol. The minimum atomic E-state index is 0.0240. The molecule has 4 nitrogen and oxygen atoms in total. The normalized spacial score (nSPS) is 21.6. The predicted octanol–water partition coefficient (Wildman–Crippen LogP) is -0.747. The number of piperazine rings is 1. The van der Waals surface area contributed by atoms with Crippen LogP contribution in [-0.2, 0) is 9.59 Å². The Balaban J connectivity index is 2.31. The molecule has 1 atom stereocenters. The Labute approximate surface area is 71.9 Å². The summed E-state index contributed by atoms with van der Waals surface area (Å²) < 4.78 is 0. The second kappa shape index (κ2) is 4.21. The van der Waals surface area contributed by atoms with Gasteiger partial charge in [0, 0.05) is 25.6 Å². The summed E-state index contributed by atoms with van der Waals surface area (Å²) >= 11 is 0. The summed E-state index contributed by atoms with van der Waals surface area (Å²) in [4.78, 5) is 23.2. The molecule has 1 heterocycles. The largest absolute Gasteiger partial charge is 0.354 e. The molecule has 0 aromatic heterocycles. The number of carbonyl (C=O) groups is 2. The van der Waals surface area contributed by atoms with Gasteiger partial charge in [0.05, 0.1) is 6.54 Å². The average Bonchev–Trinajstić information content (AvgIpc) is 2.04. The molecule has 1 N–H and O–H groups in total. The molecule has 1 unspecified atom stereocenters. The van der Waals surface area contributed by atoms with Crippen molar-refractivity contribution in [3.63, 3.8) is 0 Å². The van der Waals surface area contributed by atoms with Crippen molar-refractivity contribution in [2.24, 2.45) is 5.92 Å². The fraction of sp³-hybridized carbons (Fsp3) is 0.750. The lowest BCUT2D eigenvalue weighted by Gasteiger charge is -2.27. The van der Waals surface area contributed by atoms with Crippen LogP contribution in [0, 0.1) is 5.92 Å².